The van der Waals surface area contributed by atoms with E-state index in [1.807, 2.05) is 20.8 Å². The lowest BCUT2D eigenvalue weighted by Gasteiger charge is -2.17. The van der Waals surface area contributed by atoms with Crippen LogP contribution in [0.3, 0.4) is 0 Å². The van der Waals surface area contributed by atoms with Crippen LogP contribution in [0.4, 0.5) is 0 Å². The number of hydrogen-bond donors (Lipinski definition) is 2. The van der Waals surface area contributed by atoms with E-state index in [0.29, 0.717) is 43.7 Å². The number of likely N-dealkylation sites (tertiary alicyclic amines) is 1. The van der Waals surface area contributed by atoms with Crippen molar-refractivity contribution in [2.45, 2.75) is 45.6 Å². The molecule has 2 fully saturated rings. The van der Waals surface area contributed by atoms with Gasteiger partial charge in [0.05, 0.1) is 18.4 Å². The van der Waals surface area contributed by atoms with Crippen molar-refractivity contribution in [3.05, 3.63) is 23.9 Å². The maximum Gasteiger partial charge on any atom is 0.233 e. The number of amides is 2. The maximum absolute atomic E-state index is 12.7. The summed E-state index contributed by atoms with van der Waals surface area (Å²) in [5.74, 6) is 2.05. The van der Waals surface area contributed by atoms with Crippen LogP contribution in [0.2, 0.25) is 0 Å². The lowest BCUT2D eigenvalue weighted by atomic mass is 9.85. The predicted molar refractivity (Wildman–Crippen MR) is 110 cm³/mol. The first-order valence-corrected chi connectivity index (χ1v) is 10.6. The van der Waals surface area contributed by atoms with E-state index in [-0.39, 0.29) is 40.9 Å². The molecule has 0 spiro atoms. The SMILES string of the molecule is CN=C(NCCCN1C(=O)C2C3C=CC(C3)C2C1=O)NCc1noc(C(C)(C)C)n1. The molecule has 1 aromatic rings. The van der Waals surface area contributed by atoms with Crippen LogP contribution in [0.5, 0.6) is 0 Å². The summed E-state index contributed by atoms with van der Waals surface area (Å²) in [6.45, 7) is 7.47. The van der Waals surface area contributed by atoms with Gasteiger partial charge < -0.3 is 15.2 Å². The number of nitrogens with one attached hydrogen (secondary N) is 2. The highest BCUT2D eigenvalue weighted by molar-refractivity contribution is 6.06. The number of carbonyl (C=O) groups is 2. The van der Waals surface area contributed by atoms with Gasteiger partial charge in [0.2, 0.25) is 17.7 Å². The summed E-state index contributed by atoms with van der Waals surface area (Å²) < 4.78 is 5.29. The second-order valence-corrected chi connectivity index (χ2v) is 9.30. The van der Waals surface area contributed by atoms with Crippen LogP contribution in [-0.4, -0.2) is 53.0 Å². The number of fused-ring (bicyclic) bond motifs is 5. The number of rotatable bonds is 6. The van der Waals surface area contributed by atoms with Crippen molar-refractivity contribution in [3.63, 3.8) is 0 Å². The smallest absolute Gasteiger partial charge is 0.233 e. The Kier molecular flexibility index (Phi) is 5.38. The third-order valence-electron chi connectivity index (χ3n) is 6.16. The van der Waals surface area contributed by atoms with Crippen molar-refractivity contribution in [2.24, 2.45) is 28.7 Å². The fourth-order valence-electron chi connectivity index (χ4n) is 4.64. The van der Waals surface area contributed by atoms with E-state index in [4.69, 9.17) is 4.52 Å². The summed E-state index contributed by atoms with van der Waals surface area (Å²) in [5, 5.41) is 10.3. The quantitative estimate of drug-likeness (QED) is 0.237. The Hall–Kier alpha value is -2.71. The van der Waals surface area contributed by atoms with Gasteiger partial charge >= 0.3 is 0 Å². The Morgan fingerprint density at radius 3 is 2.43 bits per heavy atom. The lowest BCUT2D eigenvalue weighted by molar-refractivity contribution is -0.140. The van der Waals surface area contributed by atoms with E-state index in [1.165, 1.54) is 4.90 Å². The molecule has 0 radical (unpaired) electrons. The van der Waals surface area contributed by atoms with Gasteiger partial charge in [-0.1, -0.05) is 38.1 Å². The van der Waals surface area contributed by atoms with Crippen molar-refractivity contribution in [3.8, 4) is 0 Å². The molecule has 1 aromatic heterocycles. The lowest BCUT2D eigenvalue weighted by Crippen LogP contribution is -2.39. The van der Waals surface area contributed by atoms with E-state index in [0.717, 1.165) is 6.42 Å². The molecule has 0 aromatic carbocycles. The minimum atomic E-state index is -0.191. The largest absolute Gasteiger partial charge is 0.356 e. The maximum atomic E-state index is 12.7. The fourth-order valence-corrected chi connectivity index (χ4v) is 4.64. The van der Waals surface area contributed by atoms with Gasteiger partial charge in [-0.2, -0.15) is 4.98 Å². The molecule has 2 bridgehead atoms. The van der Waals surface area contributed by atoms with Crippen LogP contribution in [0, 0.1) is 23.7 Å². The van der Waals surface area contributed by atoms with Gasteiger partial charge in [-0.3, -0.25) is 19.5 Å². The standard InChI is InChI=1S/C21H30N6O3/c1-21(2,3)19-25-14(26-30-19)11-24-20(22-4)23-8-5-9-27-17(28)15-12-6-7-13(10-12)16(15)18(27)29/h6-7,12-13,15-16H,5,8-11H2,1-4H3,(H2,22,23,24). The zero-order valence-electron chi connectivity index (χ0n) is 18.0. The first kappa shape index (κ1) is 20.6. The molecule has 2 heterocycles. The molecule has 2 amide bonds. The Morgan fingerprint density at radius 1 is 1.20 bits per heavy atom. The van der Waals surface area contributed by atoms with Gasteiger partial charge in [0.15, 0.2) is 11.8 Å². The van der Waals surface area contributed by atoms with Crippen molar-refractivity contribution in [1.82, 2.24) is 25.7 Å². The second-order valence-electron chi connectivity index (χ2n) is 9.30. The number of carbonyl (C=O) groups excluding carboxylic acids is 2. The number of imide groups is 1. The highest BCUT2D eigenvalue weighted by Gasteiger charge is 2.58. The minimum absolute atomic E-state index is 0.0103. The Balaban J connectivity index is 1.21. The molecule has 9 heteroatoms. The van der Waals surface area contributed by atoms with Crippen molar-refractivity contribution in [2.75, 3.05) is 20.1 Å². The summed E-state index contributed by atoms with van der Waals surface area (Å²) in [4.78, 5) is 35.4. The second kappa shape index (κ2) is 7.85. The average Bonchev–Trinajstić information content (AvgIpc) is 3.47. The molecule has 4 atom stereocenters. The van der Waals surface area contributed by atoms with Crippen LogP contribution in [-0.2, 0) is 21.5 Å². The summed E-state index contributed by atoms with van der Waals surface area (Å²) in [6.07, 6.45) is 5.86. The number of aromatic nitrogens is 2. The molecular formula is C21H30N6O3. The van der Waals surface area contributed by atoms with E-state index < -0.39 is 0 Å². The zero-order chi connectivity index (χ0) is 21.5. The van der Waals surface area contributed by atoms with E-state index in [2.05, 4.69) is 37.9 Å². The topological polar surface area (TPSA) is 113 Å². The van der Waals surface area contributed by atoms with Gasteiger partial charge in [0.1, 0.15) is 0 Å². The van der Waals surface area contributed by atoms with Gasteiger partial charge in [-0.15, -0.1) is 0 Å². The van der Waals surface area contributed by atoms with Gasteiger partial charge in [-0.25, -0.2) is 0 Å². The van der Waals surface area contributed by atoms with Crippen LogP contribution in [0.15, 0.2) is 21.7 Å². The molecule has 162 valence electrons. The van der Waals surface area contributed by atoms with Crippen molar-refractivity contribution in [1.29, 1.82) is 0 Å². The molecule has 1 saturated carbocycles. The van der Waals surface area contributed by atoms with E-state index in [1.54, 1.807) is 7.05 Å². The zero-order valence-corrected chi connectivity index (χ0v) is 18.0. The Bertz CT molecular complexity index is 854. The van der Waals surface area contributed by atoms with E-state index >= 15 is 0 Å². The number of aliphatic imine (C=N–C) groups is 1. The Labute approximate surface area is 176 Å². The molecule has 1 saturated heterocycles. The molecule has 4 rings (SSSR count). The molecule has 30 heavy (non-hydrogen) atoms. The fraction of sp³-hybridized carbons (Fsp3) is 0.667. The molecular weight excluding hydrogens is 384 g/mol. The highest BCUT2D eigenvalue weighted by Crippen LogP contribution is 2.52. The normalized spacial score (nSPS) is 27.9. The third kappa shape index (κ3) is 3.73. The molecule has 9 nitrogen and oxygen atoms in total. The number of nitrogens with zero attached hydrogens (tertiary/aromatic N) is 4. The first-order valence-electron chi connectivity index (χ1n) is 10.6. The molecule has 2 aliphatic carbocycles. The van der Waals surface area contributed by atoms with Crippen LogP contribution in [0.1, 0.15) is 45.3 Å². The monoisotopic (exact) mass is 414 g/mol. The Morgan fingerprint density at radius 2 is 1.87 bits per heavy atom. The van der Waals surface area contributed by atoms with E-state index in [9.17, 15) is 9.59 Å². The third-order valence-corrected chi connectivity index (χ3v) is 6.16. The minimum Gasteiger partial charge on any atom is -0.356 e. The summed E-state index contributed by atoms with van der Waals surface area (Å²) in [5.41, 5.74) is -0.191. The predicted octanol–water partition coefficient (Wildman–Crippen LogP) is 1.23. The van der Waals surface area contributed by atoms with Crippen LogP contribution >= 0.6 is 0 Å². The van der Waals surface area contributed by atoms with Gasteiger partial charge in [-0.05, 0) is 24.7 Å². The summed E-state index contributed by atoms with van der Waals surface area (Å²) in [7, 11) is 1.68. The van der Waals surface area contributed by atoms with Gasteiger partial charge in [0, 0.05) is 25.6 Å². The van der Waals surface area contributed by atoms with Crippen LogP contribution in [0.25, 0.3) is 0 Å². The van der Waals surface area contributed by atoms with Crippen molar-refractivity contribution >= 4 is 17.8 Å². The number of guanidine groups is 1. The molecule has 2 N–H and O–H groups in total. The highest BCUT2D eigenvalue weighted by atomic mass is 16.5. The number of hydrogen-bond acceptors (Lipinski definition) is 6. The van der Waals surface area contributed by atoms with Crippen LogP contribution < -0.4 is 10.6 Å². The first-order chi connectivity index (χ1) is 14.3. The summed E-state index contributed by atoms with van der Waals surface area (Å²) in [6, 6.07) is 0. The average molecular weight is 415 g/mol. The van der Waals surface area contributed by atoms with Crippen molar-refractivity contribution < 1.29 is 14.1 Å². The molecule has 4 unspecified atom stereocenters. The molecule has 1 aliphatic heterocycles. The van der Waals surface area contributed by atoms with Gasteiger partial charge in [0.25, 0.3) is 0 Å². The molecule has 3 aliphatic rings. The summed E-state index contributed by atoms with van der Waals surface area (Å²) >= 11 is 0. The number of allylic oxidation sites excluding steroid dienone is 2.